The highest BCUT2D eigenvalue weighted by Crippen LogP contribution is 2.40. The summed E-state index contributed by atoms with van der Waals surface area (Å²) in [6.07, 6.45) is 9.03. The largest absolute Gasteiger partial charge is 0.481 e. The van der Waals surface area contributed by atoms with Gasteiger partial charge in [-0.25, -0.2) is 8.78 Å². The van der Waals surface area contributed by atoms with Gasteiger partial charge in [0.2, 0.25) is 0 Å². The Morgan fingerprint density at radius 2 is 1.86 bits per heavy atom. The second-order valence-corrected chi connectivity index (χ2v) is 6.84. The van der Waals surface area contributed by atoms with Crippen molar-refractivity contribution in [3.8, 4) is 0 Å². The van der Waals surface area contributed by atoms with E-state index in [0.29, 0.717) is 0 Å². The van der Waals surface area contributed by atoms with Crippen molar-refractivity contribution in [1.82, 2.24) is 9.29 Å². The van der Waals surface area contributed by atoms with E-state index in [9.17, 15) is 13.6 Å². The molecule has 1 radical (unpaired) electrons. The number of aliphatic carboxylic acids is 1. The van der Waals surface area contributed by atoms with Crippen LogP contribution in [0.5, 0.6) is 0 Å². The molecule has 1 aromatic heterocycles. The van der Waals surface area contributed by atoms with E-state index in [4.69, 9.17) is 5.11 Å². The third-order valence-electron chi connectivity index (χ3n) is 4.94. The number of carboxylic acids is 1. The lowest BCUT2D eigenvalue weighted by atomic mass is 9.97. The van der Waals surface area contributed by atoms with Crippen LogP contribution in [0.1, 0.15) is 29.8 Å². The molecule has 0 bridgehead atoms. The second kappa shape index (κ2) is 7.95. The minimum Gasteiger partial charge on any atom is -0.481 e. The van der Waals surface area contributed by atoms with E-state index in [1.807, 2.05) is 71.2 Å². The highest BCUT2D eigenvalue weighted by Gasteiger charge is 2.40. The molecule has 1 unspecified atom stereocenters. The van der Waals surface area contributed by atoms with Gasteiger partial charge in [-0.15, -0.1) is 0 Å². The molecule has 0 spiro atoms. The zero-order valence-electron chi connectivity index (χ0n) is 15.5. The fraction of sp³-hybridized carbons (Fsp3) is 0.136. The number of benzene rings is 1. The summed E-state index contributed by atoms with van der Waals surface area (Å²) in [5.41, 5.74) is 2.79. The maximum Gasteiger partial charge on any atom is 0.397 e. The van der Waals surface area contributed by atoms with E-state index in [2.05, 4.69) is 0 Å². The summed E-state index contributed by atoms with van der Waals surface area (Å²) in [5, 5.41) is 8.90. The molecule has 2 aliphatic heterocycles. The minimum atomic E-state index is -1.04. The van der Waals surface area contributed by atoms with Gasteiger partial charge in [0, 0.05) is 17.8 Å². The predicted molar refractivity (Wildman–Crippen MR) is 110 cm³/mol. The maximum atomic E-state index is 14.4. The summed E-state index contributed by atoms with van der Waals surface area (Å²) in [6, 6.07) is 12.7. The van der Waals surface area contributed by atoms with E-state index in [-0.39, 0.29) is 18.5 Å². The number of carbonyl (C=O) groups is 1. The van der Waals surface area contributed by atoms with Crippen molar-refractivity contribution in [1.29, 1.82) is 0 Å². The van der Waals surface area contributed by atoms with Crippen molar-refractivity contribution < 1.29 is 18.7 Å². The van der Waals surface area contributed by atoms with Crippen molar-refractivity contribution >= 4 is 31.7 Å². The van der Waals surface area contributed by atoms with Crippen LogP contribution in [-0.4, -0.2) is 34.0 Å². The predicted octanol–water partition coefficient (Wildman–Crippen LogP) is 4.65. The zero-order chi connectivity index (χ0) is 20.4. The molecular weight excluding hydrogens is 373 g/mol. The van der Waals surface area contributed by atoms with Crippen LogP contribution in [0.4, 0.5) is 8.78 Å². The lowest BCUT2D eigenvalue weighted by molar-refractivity contribution is -0.137. The number of fused-ring (bicyclic) bond motifs is 2. The molecule has 0 amide bonds. The monoisotopic (exact) mass is 391 g/mol. The summed E-state index contributed by atoms with van der Waals surface area (Å²) in [5.74, 6) is -2.88. The Labute approximate surface area is 168 Å². The van der Waals surface area contributed by atoms with Gasteiger partial charge < -0.3 is 14.4 Å². The first-order chi connectivity index (χ1) is 14.0. The van der Waals surface area contributed by atoms with Gasteiger partial charge in [0.1, 0.15) is 0 Å². The number of nitrogens with zero attached hydrogens (tertiary/aromatic N) is 2. The third-order valence-corrected chi connectivity index (χ3v) is 4.94. The van der Waals surface area contributed by atoms with Gasteiger partial charge in [0.15, 0.2) is 11.7 Å². The van der Waals surface area contributed by atoms with Gasteiger partial charge in [0.05, 0.1) is 11.7 Å². The fourth-order valence-corrected chi connectivity index (χ4v) is 3.50. The molecule has 1 aromatic carbocycles. The first-order valence-electron chi connectivity index (χ1n) is 9.28. The number of allylic oxidation sites excluding steroid dienone is 3. The Balaban J connectivity index is 1.54. The van der Waals surface area contributed by atoms with Gasteiger partial charge in [-0.1, -0.05) is 48.6 Å². The number of rotatable bonds is 6. The van der Waals surface area contributed by atoms with E-state index < -0.39 is 23.7 Å². The van der Waals surface area contributed by atoms with Crippen molar-refractivity contribution in [3.63, 3.8) is 0 Å². The molecule has 0 saturated carbocycles. The Morgan fingerprint density at radius 1 is 1.10 bits per heavy atom. The first kappa shape index (κ1) is 19.0. The lowest BCUT2D eigenvalue weighted by Crippen LogP contribution is -2.40. The van der Waals surface area contributed by atoms with Gasteiger partial charge in [-0.3, -0.25) is 4.79 Å². The standard InChI is InChI=1S/C22H18BF2N2O2/c24-21-18(12-13-20(28)29)27-19(22(21)25)14-17-11-10-16(26(17)23-27)9-5-4-8-15-6-2-1-3-7-15/h1-11,14,18H,12-13H2,(H,28,29). The number of carboxylic acid groups (broad SMARTS) is 1. The molecule has 0 fully saturated rings. The average Bonchev–Trinajstić information content (AvgIpc) is 3.22. The van der Waals surface area contributed by atoms with Crippen LogP contribution in [0.3, 0.4) is 0 Å². The Bertz CT molecular complexity index is 1050. The molecular formula is C22H18BF2N2O2. The second-order valence-electron chi connectivity index (χ2n) is 6.84. The summed E-state index contributed by atoms with van der Waals surface area (Å²) in [4.78, 5) is 12.3. The Kier molecular flexibility index (Phi) is 5.21. The fourth-order valence-electron chi connectivity index (χ4n) is 3.50. The number of hydrogen-bond donors (Lipinski definition) is 1. The van der Waals surface area contributed by atoms with Gasteiger partial charge in [-0.2, -0.15) is 0 Å². The molecule has 7 heteroatoms. The van der Waals surface area contributed by atoms with Crippen LogP contribution in [0.2, 0.25) is 0 Å². The summed E-state index contributed by atoms with van der Waals surface area (Å²) < 4.78 is 30.5. The zero-order valence-corrected chi connectivity index (χ0v) is 15.5. The van der Waals surface area contributed by atoms with Crippen LogP contribution in [-0.2, 0) is 4.79 Å². The molecule has 29 heavy (non-hydrogen) atoms. The molecule has 4 nitrogen and oxygen atoms in total. The minimum absolute atomic E-state index is 0.00991. The molecule has 3 heterocycles. The van der Waals surface area contributed by atoms with Crippen molar-refractivity contribution in [2.24, 2.45) is 0 Å². The van der Waals surface area contributed by atoms with Gasteiger partial charge in [-0.05, 0) is 36.3 Å². The lowest BCUT2D eigenvalue weighted by Gasteiger charge is -2.31. The smallest absolute Gasteiger partial charge is 0.397 e. The van der Waals surface area contributed by atoms with Crippen LogP contribution in [0.25, 0.3) is 18.2 Å². The highest BCUT2D eigenvalue weighted by atomic mass is 19.2. The normalized spacial score (nSPS) is 18.2. The molecule has 2 aromatic rings. The van der Waals surface area contributed by atoms with Crippen molar-refractivity contribution in [2.45, 2.75) is 18.9 Å². The molecule has 1 atom stereocenters. The van der Waals surface area contributed by atoms with Crippen molar-refractivity contribution in [3.05, 3.63) is 88.9 Å². The summed E-state index contributed by atoms with van der Waals surface area (Å²) in [6.45, 7) is 0. The van der Waals surface area contributed by atoms with Crippen LogP contribution >= 0.6 is 0 Å². The van der Waals surface area contributed by atoms with Gasteiger partial charge >= 0.3 is 13.5 Å². The van der Waals surface area contributed by atoms with Gasteiger partial charge in [0.25, 0.3) is 0 Å². The topological polar surface area (TPSA) is 45.5 Å². The van der Waals surface area contributed by atoms with E-state index in [1.54, 1.807) is 13.6 Å². The number of halogens is 2. The molecule has 0 saturated heterocycles. The highest BCUT2D eigenvalue weighted by molar-refractivity contribution is 6.33. The van der Waals surface area contributed by atoms with Crippen LogP contribution in [0, 0.1) is 0 Å². The average molecular weight is 391 g/mol. The van der Waals surface area contributed by atoms with E-state index >= 15 is 0 Å². The molecule has 0 aliphatic carbocycles. The Hall–Kier alpha value is -3.35. The van der Waals surface area contributed by atoms with Crippen LogP contribution in [0.15, 0.2) is 72.0 Å². The molecule has 1 N–H and O–H groups in total. The molecule has 145 valence electrons. The molecule has 2 aliphatic rings. The SMILES string of the molecule is O=C(O)CCC1C(F)=C(F)C2=Cc3ccc(C=CC=Cc4ccccc4)n3[B]N21. The van der Waals surface area contributed by atoms with E-state index in [1.165, 1.54) is 4.81 Å². The molecule has 4 rings (SSSR count). The van der Waals surface area contributed by atoms with E-state index in [0.717, 1.165) is 17.0 Å². The number of aromatic nitrogens is 1. The van der Waals surface area contributed by atoms with Crippen molar-refractivity contribution in [2.75, 3.05) is 0 Å². The summed E-state index contributed by atoms with van der Waals surface area (Å²) in [7, 11) is 1.63. The summed E-state index contributed by atoms with van der Waals surface area (Å²) >= 11 is 0. The first-order valence-corrected chi connectivity index (χ1v) is 9.28. The Morgan fingerprint density at radius 3 is 2.62 bits per heavy atom. The third kappa shape index (κ3) is 3.81. The number of hydrogen-bond acceptors (Lipinski definition) is 2. The van der Waals surface area contributed by atoms with Crippen LogP contribution < -0.4 is 0 Å². The maximum absolute atomic E-state index is 14.4. The quantitative estimate of drug-likeness (QED) is 0.576.